The number of halogens is 1. The van der Waals surface area contributed by atoms with Crippen molar-refractivity contribution in [3.8, 4) is 5.75 Å². The number of carbonyl (C=O) groups excluding carboxylic acids is 2. The second kappa shape index (κ2) is 8.88. The molecule has 1 N–H and O–H groups in total. The van der Waals surface area contributed by atoms with Gasteiger partial charge in [0.1, 0.15) is 16.8 Å². The third kappa shape index (κ3) is 4.51. The maximum absolute atomic E-state index is 13.7. The number of thioether (sulfide) groups is 1. The van der Waals surface area contributed by atoms with E-state index in [0.29, 0.717) is 23.1 Å². The van der Waals surface area contributed by atoms with Crippen LogP contribution in [0.3, 0.4) is 0 Å². The van der Waals surface area contributed by atoms with E-state index in [2.05, 4.69) is 10.3 Å². The highest BCUT2D eigenvalue weighted by Gasteiger charge is 2.38. The molecular formula is C20H20FN3O3S. The molecule has 146 valence electrons. The maximum atomic E-state index is 13.7. The van der Waals surface area contributed by atoms with Gasteiger partial charge in [-0.2, -0.15) is 0 Å². The van der Waals surface area contributed by atoms with E-state index in [0.717, 1.165) is 0 Å². The van der Waals surface area contributed by atoms with E-state index in [1.165, 1.54) is 23.9 Å². The standard InChI is InChI=1S/C20H20FN3O3S/c1-3-24-19(26)17(12-18(25)23-16-7-5-4-6-15(16)21)28-20(24)22-13-8-10-14(27-2)11-9-13/h4-11,17H,3,12H2,1-2H3,(H,23,25). The molecule has 0 bridgehead atoms. The number of amides is 2. The van der Waals surface area contributed by atoms with Crippen LogP contribution in [0, 0.1) is 5.82 Å². The van der Waals surface area contributed by atoms with Gasteiger partial charge < -0.3 is 10.1 Å². The van der Waals surface area contributed by atoms with Gasteiger partial charge in [0.15, 0.2) is 5.17 Å². The number of aliphatic imine (C=N–C) groups is 1. The van der Waals surface area contributed by atoms with Gasteiger partial charge in [-0.05, 0) is 43.3 Å². The minimum absolute atomic E-state index is 0.0596. The Bertz CT molecular complexity index is 902. The van der Waals surface area contributed by atoms with E-state index in [-0.39, 0.29) is 18.0 Å². The van der Waals surface area contributed by atoms with E-state index >= 15 is 0 Å². The minimum atomic E-state index is -0.594. The summed E-state index contributed by atoms with van der Waals surface area (Å²) in [6.45, 7) is 2.30. The van der Waals surface area contributed by atoms with Crippen LogP contribution < -0.4 is 10.1 Å². The van der Waals surface area contributed by atoms with E-state index in [1.807, 2.05) is 6.92 Å². The van der Waals surface area contributed by atoms with E-state index in [4.69, 9.17) is 4.74 Å². The summed E-state index contributed by atoms with van der Waals surface area (Å²) in [6, 6.07) is 13.1. The molecule has 0 aliphatic carbocycles. The van der Waals surface area contributed by atoms with Crippen molar-refractivity contribution in [2.24, 2.45) is 4.99 Å². The number of nitrogens with zero attached hydrogens (tertiary/aromatic N) is 2. The van der Waals surface area contributed by atoms with Crippen LogP contribution in [0.1, 0.15) is 13.3 Å². The Morgan fingerprint density at radius 2 is 1.96 bits per heavy atom. The van der Waals surface area contributed by atoms with Crippen LogP contribution in [0.5, 0.6) is 5.75 Å². The normalized spacial score (nSPS) is 17.8. The third-order valence-corrected chi connectivity index (χ3v) is 5.33. The number of benzene rings is 2. The van der Waals surface area contributed by atoms with Gasteiger partial charge in [0, 0.05) is 13.0 Å². The van der Waals surface area contributed by atoms with Crippen molar-refractivity contribution in [2.75, 3.05) is 19.0 Å². The van der Waals surface area contributed by atoms with Gasteiger partial charge in [-0.25, -0.2) is 9.38 Å². The monoisotopic (exact) mass is 401 g/mol. The molecule has 0 aromatic heterocycles. The zero-order valence-electron chi connectivity index (χ0n) is 15.5. The highest BCUT2D eigenvalue weighted by Crippen LogP contribution is 2.32. The molecule has 1 aliphatic heterocycles. The topological polar surface area (TPSA) is 71.0 Å². The quantitative estimate of drug-likeness (QED) is 0.799. The van der Waals surface area contributed by atoms with Crippen molar-refractivity contribution in [1.82, 2.24) is 4.90 Å². The van der Waals surface area contributed by atoms with Gasteiger partial charge in [0.05, 0.1) is 18.5 Å². The summed E-state index contributed by atoms with van der Waals surface area (Å²) in [7, 11) is 1.59. The van der Waals surface area contributed by atoms with Crippen LogP contribution in [-0.4, -0.2) is 40.8 Å². The predicted octanol–water partition coefficient (Wildman–Crippen LogP) is 3.81. The van der Waals surface area contributed by atoms with Crippen molar-refractivity contribution < 1.29 is 18.7 Å². The van der Waals surface area contributed by atoms with E-state index in [9.17, 15) is 14.0 Å². The first-order valence-corrected chi connectivity index (χ1v) is 9.65. The lowest BCUT2D eigenvalue weighted by atomic mass is 10.2. The number of para-hydroxylation sites is 1. The predicted molar refractivity (Wildman–Crippen MR) is 109 cm³/mol. The molecular weight excluding hydrogens is 381 g/mol. The van der Waals surface area contributed by atoms with Crippen LogP contribution >= 0.6 is 11.8 Å². The zero-order chi connectivity index (χ0) is 20.1. The average molecular weight is 401 g/mol. The number of carbonyl (C=O) groups is 2. The van der Waals surface area contributed by atoms with Crippen molar-refractivity contribution in [1.29, 1.82) is 0 Å². The number of anilines is 1. The molecule has 6 nitrogen and oxygen atoms in total. The molecule has 2 aromatic rings. The molecule has 1 atom stereocenters. The number of methoxy groups -OCH3 is 1. The third-order valence-electron chi connectivity index (χ3n) is 4.15. The van der Waals surface area contributed by atoms with Crippen molar-refractivity contribution >= 4 is 40.1 Å². The number of nitrogens with one attached hydrogen (secondary N) is 1. The Morgan fingerprint density at radius 1 is 1.25 bits per heavy atom. The highest BCUT2D eigenvalue weighted by molar-refractivity contribution is 8.15. The lowest BCUT2D eigenvalue weighted by Crippen LogP contribution is -2.33. The first-order valence-electron chi connectivity index (χ1n) is 8.77. The summed E-state index contributed by atoms with van der Waals surface area (Å²) < 4.78 is 18.8. The second-order valence-electron chi connectivity index (χ2n) is 6.01. The summed E-state index contributed by atoms with van der Waals surface area (Å²) in [4.78, 5) is 31.0. The molecule has 2 aromatic carbocycles. The van der Waals surface area contributed by atoms with Crippen LogP contribution in [0.4, 0.5) is 15.8 Å². The Kier molecular flexibility index (Phi) is 6.30. The van der Waals surface area contributed by atoms with Crippen LogP contribution in [0.15, 0.2) is 53.5 Å². The summed E-state index contributed by atoms with van der Waals surface area (Å²) in [6.07, 6.45) is -0.0596. The first kappa shape index (κ1) is 19.9. The van der Waals surface area contributed by atoms with Crippen LogP contribution in [0.25, 0.3) is 0 Å². The highest BCUT2D eigenvalue weighted by atomic mass is 32.2. The Labute approximate surface area is 166 Å². The number of amidine groups is 1. The largest absolute Gasteiger partial charge is 0.497 e. The Hall–Kier alpha value is -2.87. The summed E-state index contributed by atoms with van der Waals surface area (Å²) in [5.41, 5.74) is 0.786. The van der Waals surface area contributed by atoms with Gasteiger partial charge in [-0.15, -0.1) is 0 Å². The fourth-order valence-corrected chi connectivity index (χ4v) is 3.94. The molecule has 1 aliphatic rings. The fourth-order valence-electron chi connectivity index (χ4n) is 2.72. The molecule has 1 fully saturated rings. The smallest absolute Gasteiger partial charge is 0.242 e. The molecule has 1 heterocycles. The average Bonchev–Trinajstić information content (AvgIpc) is 2.98. The van der Waals surface area contributed by atoms with E-state index < -0.39 is 17.0 Å². The van der Waals surface area contributed by atoms with Crippen LogP contribution in [-0.2, 0) is 9.59 Å². The maximum Gasteiger partial charge on any atom is 0.242 e. The van der Waals surface area contributed by atoms with Gasteiger partial charge >= 0.3 is 0 Å². The number of hydrogen-bond acceptors (Lipinski definition) is 5. The lowest BCUT2D eigenvalue weighted by molar-refractivity contribution is -0.128. The zero-order valence-corrected chi connectivity index (χ0v) is 16.3. The SMILES string of the molecule is CCN1C(=O)C(CC(=O)Nc2ccccc2F)SC1=Nc1ccc(OC)cc1. The number of ether oxygens (including phenoxy) is 1. The minimum Gasteiger partial charge on any atom is -0.497 e. The fraction of sp³-hybridized carbons (Fsp3) is 0.250. The molecule has 3 rings (SSSR count). The van der Waals surface area contributed by atoms with Gasteiger partial charge in [-0.1, -0.05) is 23.9 Å². The molecule has 0 saturated carbocycles. The van der Waals surface area contributed by atoms with Crippen molar-refractivity contribution in [3.63, 3.8) is 0 Å². The van der Waals surface area contributed by atoms with Gasteiger partial charge in [0.2, 0.25) is 11.8 Å². The number of hydrogen-bond donors (Lipinski definition) is 1. The Balaban J connectivity index is 1.71. The van der Waals surface area contributed by atoms with Crippen molar-refractivity contribution in [2.45, 2.75) is 18.6 Å². The van der Waals surface area contributed by atoms with Gasteiger partial charge in [0.25, 0.3) is 0 Å². The van der Waals surface area contributed by atoms with Crippen LogP contribution in [0.2, 0.25) is 0 Å². The lowest BCUT2D eigenvalue weighted by Gasteiger charge is -2.13. The van der Waals surface area contributed by atoms with E-state index in [1.54, 1.807) is 48.4 Å². The second-order valence-corrected chi connectivity index (χ2v) is 7.18. The molecule has 0 spiro atoms. The molecule has 28 heavy (non-hydrogen) atoms. The summed E-state index contributed by atoms with van der Waals surface area (Å²) >= 11 is 1.24. The molecule has 1 saturated heterocycles. The summed E-state index contributed by atoms with van der Waals surface area (Å²) in [5, 5.41) is 2.47. The first-order chi connectivity index (χ1) is 13.5. The molecule has 1 unspecified atom stereocenters. The summed E-state index contributed by atoms with van der Waals surface area (Å²) in [5.74, 6) is -0.395. The molecule has 0 radical (unpaired) electrons. The Morgan fingerprint density at radius 3 is 2.61 bits per heavy atom. The van der Waals surface area contributed by atoms with Crippen molar-refractivity contribution in [3.05, 3.63) is 54.3 Å². The number of rotatable bonds is 6. The molecule has 8 heteroatoms. The molecule has 2 amide bonds. The van der Waals surface area contributed by atoms with Gasteiger partial charge in [-0.3, -0.25) is 14.5 Å².